The second kappa shape index (κ2) is 7.70. The zero-order valence-corrected chi connectivity index (χ0v) is 13.0. The van der Waals surface area contributed by atoms with E-state index < -0.39 is 11.8 Å². The predicted molar refractivity (Wildman–Crippen MR) is 87.4 cm³/mol. The summed E-state index contributed by atoms with van der Waals surface area (Å²) in [5.74, 6) is 0.242. The maximum atomic E-state index is 13.8. The molecule has 22 heavy (non-hydrogen) atoms. The molecule has 0 saturated carbocycles. The van der Waals surface area contributed by atoms with Crippen molar-refractivity contribution in [3.63, 3.8) is 0 Å². The van der Waals surface area contributed by atoms with Crippen molar-refractivity contribution in [2.24, 2.45) is 0 Å². The van der Waals surface area contributed by atoms with Gasteiger partial charge in [-0.05, 0) is 30.3 Å². The number of carbonyl (C=O) groups excluding carboxylic acids is 1. The molecule has 6 heteroatoms. The summed E-state index contributed by atoms with van der Waals surface area (Å²) in [4.78, 5) is 13.7. The third kappa shape index (κ3) is 4.39. The lowest BCUT2D eigenvalue weighted by Crippen LogP contribution is -2.39. The molecule has 0 bridgehead atoms. The third-order valence-electron chi connectivity index (χ3n) is 2.99. The number of ether oxygens (including phenoxy) is 1. The van der Waals surface area contributed by atoms with E-state index in [1.807, 2.05) is 30.3 Å². The molecule has 0 radical (unpaired) electrons. The number of amides is 2. The summed E-state index contributed by atoms with van der Waals surface area (Å²) in [7, 11) is 1.50. The number of nitrogens with one attached hydrogen (secondary N) is 1. The van der Waals surface area contributed by atoms with E-state index in [4.69, 9.17) is 4.74 Å². The van der Waals surface area contributed by atoms with Gasteiger partial charge in [0.05, 0.1) is 12.2 Å². The standard InChI is InChI=1S/C16H17FN2O2S/c1-19(15-8-7-13(22)11-14(15)17)16(20)18-9-10-21-12-5-3-2-4-6-12/h2-8,11,22H,9-10H2,1H3,(H,18,20). The van der Waals surface area contributed by atoms with E-state index in [1.54, 1.807) is 6.07 Å². The summed E-state index contributed by atoms with van der Waals surface area (Å²) < 4.78 is 19.2. The van der Waals surface area contributed by atoms with Crippen LogP contribution in [-0.2, 0) is 0 Å². The molecule has 0 fully saturated rings. The molecule has 2 aromatic rings. The Morgan fingerprint density at radius 1 is 1.27 bits per heavy atom. The molecule has 116 valence electrons. The molecular weight excluding hydrogens is 303 g/mol. The molecule has 0 saturated heterocycles. The van der Waals surface area contributed by atoms with Crippen LogP contribution in [0.3, 0.4) is 0 Å². The van der Waals surface area contributed by atoms with Crippen LogP contribution in [0.25, 0.3) is 0 Å². The molecular formula is C16H17FN2O2S. The van der Waals surface area contributed by atoms with Crippen LogP contribution in [0, 0.1) is 5.82 Å². The first kappa shape index (κ1) is 16.2. The monoisotopic (exact) mass is 320 g/mol. The van der Waals surface area contributed by atoms with Gasteiger partial charge >= 0.3 is 6.03 Å². The van der Waals surface area contributed by atoms with Gasteiger partial charge in [0.2, 0.25) is 0 Å². The Balaban J connectivity index is 1.81. The van der Waals surface area contributed by atoms with E-state index in [0.29, 0.717) is 18.0 Å². The van der Waals surface area contributed by atoms with Gasteiger partial charge < -0.3 is 10.1 Å². The minimum Gasteiger partial charge on any atom is -0.492 e. The average Bonchev–Trinajstić information content (AvgIpc) is 2.52. The molecule has 1 N–H and O–H groups in total. The van der Waals surface area contributed by atoms with Crippen molar-refractivity contribution in [2.45, 2.75) is 4.90 Å². The molecule has 4 nitrogen and oxygen atoms in total. The number of hydrogen-bond donors (Lipinski definition) is 2. The summed E-state index contributed by atoms with van der Waals surface area (Å²) >= 11 is 4.05. The van der Waals surface area contributed by atoms with E-state index in [-0.39, 0.29) is 5.69 Å². The van der Waals surface area contributed by atoms with Gasteiger partial charge in [-0.15, -0.1) is 12.6 Å². The maximum absolute atomic E-state index is 13.8. The van der Waals surface area contributed by atoms with Crippen LogP contribution in [0.5, 0.6) is 5.75 Å². The third-order valence-corrected chi connectivity index (χ3v) is 3.27. The smallest absolute Gasteiger partial charge is 0.321 e. The fraction of sp³-hybridized carbons (Fsp3) is 0.188. The van der Waals surface area contributed by atoms with Crippen LogP contribution in [0.2, 0.25) is 0 Å². The van der Waals surface area contributed by atoms with Gasteiger partial charge in [0.1, 0.15) is 18.2 Å². The largest absolute Gasteiger partial charge is 0.492 e. The van der Waals surface area contributed by atoms with Crippen molar-refractivity contribution in [1.29, 1.82) is 0 Å². The zero-order chi connectivity index (χ0) is 15.9. The lowest BCUT2D eigenvalue weighted by Gasteiger charge is -2.19. The van der Waals surface area contributed by atoms with Gasteiger partial charge in [-0.2, -0.15) is 0 Å². The Kier molecular flexibility index (Phi) is 5.66. The van der Waals surface area contributed by atoms with Gasteiger partial charge in [-0.25, -0.2) is 9.18 Å². The highest BCUT2D eigenvalue weighted by atomic mass is 32.1. The number of urea groups is 1. The summed E-state index contributed by atoms with van der Waals surface area (Å²) in [6, 6.07) is 13.3. The summed E-state index contributed by atoms with van der Waals surface area (Å²) in [5.41, 5.74) is 0.194. The second-order valence-corrected chi connectivity index (χ2v) is 5.10. The van der Waals surface area contributed by atoms with Crippen molar-refractivity contribution >= 4 is 24.3 Å². The summed E-state index contributed by atoms with van der Waals surface area (Å²) in [6.45, 7) is 0.659. The molecule has 2 aromatic carbocycles. The predicted octanol–water partition coefficient (Wildman–Crippen LogP) is 3.34. The molecule has 0 atom stereocenters. The van der Waals surface area contributed by atoms with Gasteiger partial charge in [-0.1, -0.05) is 18.2 Å². The van der Waals surface area contributed by atoms with Crippen LogP contribution in [0.4, 0.5) is 14.9 Å². The Morgan fingerprint density at radius 2 is 2.00 bits per heavy atom. The minimum atomic E-state index is -0.495. The van der Waals surface area contributed by atoms with Crippen LogP contribution in [0.1, 0.15) is 0 Å². The molecule has 0 aliphatic rings. The summed E-state index contributed by atoms with van der Waals surface area (Å²) in [6.07, 6.45) is 0. The fourth-order valence-corrected chi connectivity index (χ4v) is 2.03. The Labute approximate surface area is 134 Å². The molecule has 0 unspecified atom stereocenters. The Hall–Kier alpha value is -2.21. The maximum Gasteiger partial charge on any atom is 0.321 e. The minimum absolute atomic E-state index is 0.194. The second-order valence-electron chi connectivity index (χ2n) is 4.59. The first-order valence-electron chi connectivity index (χ1n) is 6.76. The first-order valence-corrected chi connectivity index (χ1v) is 7.20. The molecule has 0 aliphatic carbocycles. The Morgan fingerprint density at radius 3 is 2.68 bits per heavy atom. The number of anilines is 1. The number of thiol groups is 1. The topological polar surface area (TPSA) is 41.6 Å². The van der Waals surface area contributed by atoms with E-state index in [1.165, 1.54) is 24.1 Å². The number of halogens is 1. The molecule has 0 heterocycles. The van der Waals surface area contributed by atoms with Crippen LogP contribution in [0.15, 0.2) is 53.4 Å². The highest BCUT2D eigenvalue weighted by Gasteiger charge is 2.14. The number of para-hydroxylation sites is 1. The van der Waals surface area contributed by atoms with Crippen LogP contribution >= 0.6 is 12.6 Å². The number of carbonyl (C=O) groups is 1. The normalized spacial score (nSPS) is 10.1. The van der Waals surface area contributed by atoms with Crippen molar-refractivity contribution in [2.75, 3.05) is 25.1 Å². The van der Waals surface area contributed by atoms with Crippen molar-refractivity contribution in [3.8, 4) is 5.75 Å². The molecule has 0 aromatic heterocycles. The number of hydrogen-bond acceptors (Lipinski definition) is 3. The van der Waals surface area contributed by atoms with Gasteiger partial charge in [0, 0.05) is 11.9 Å². The summed E-state index contributed by atoms with van der Waals surface area (Å²) in [5, 5.41) is 2.67. The van der Waals surface area contributed by atoms with Gasteiger partial charge in [-0.3, -0.25) is 4.90 Å². The van der Waals surface area contributed by atoms with Crippen molar-refractivity contribution in [1.82, 2.24) is 5.32 Å². The molecule has 2 rings (SSSR count). The van der Waals surface area contributed by atoms with Crippen molar-refractivity contribution in [3.05, 3.63) is 54.3 Å². The molecule has 0 aliphatic heterocycles. The fourth-order valence-electron chi connectivity index (χ4n) is 1.84. The van der Waals surface area contributed by atoms with Gasteiger partial charge in [0.15, 0.2) is 0 Å². The Bertz CT molecular complexity index is 637. The quantitative estimate of drug-likeness (QED) is 0.655. The van der Waals surface area contributed by atoms with E-state index in [2.05, 4.69) is 17.9 Å². The van der Waals surface area contributed by atoms with Crippen molar-refractivity contribution < 1.29 is 13.9 Å². The number of nitrogens with zero attached hydrogens (tertiary/aromatic N) is 1. The average molecular weight is 320 g/mol. The highest BCUT2D eigenvalue weighted by Crippen LogP contribution is 2.21. The lowest BCUT2D eigenvalue weighted by atomic mass is 10.3. The molecule has 0 spiro atoms. The number of benzene rings is 2. The first-order chi connectivity index (χ1) is 10.6. The molecule has 2 amide bonds. The van der Waals surface area contributed by atoms with E-state index >= 15 is 0 Å². The lowest BCUT2D eigenvalue weighted by molar-refractivity contribution is 0.242. The van der Waals surface area contributed by atoms with E-state index in [0.717, 1.165) is 5.75 Å². The SMILES string of the molecule is CN(C(=O)NCCOc1ccccc1)c1ccc(S)cc1F. The van der Waals surface area contributed by atoms with Crippen LogP contribution < -0.4 is 15.0 Å². The van der Waals surface area contributed by atoms with Gasteiger partial charge in [0.25, 0.3) is 0 Å². The number of rotatable bonds is 5. The highest BCUT2D eigenvalue weighted by molar-refractivity contribution is 7.80. The van der Waals surface area contributed by atoms with Crippen LogP contribution in [-0.4, -0.2) is 26.2 Å². The zero-order valence-electron chi connectivity index (χ0n) is 12.1. The van der Waals surface area contributed by atoms with E-state index in [9.17, 15) is 9.18 Å².